The van der Waals surface area contributed by atoms with E-state index in [2.05, 4.69) is 198 Å². The van der Waals surface area contributed by atoms with Crippen molar-refractivity contribution in [3.05, 3.63) is 211 Å². The fraction of sp³-hybridized carbons (Fsp3) is 0.151. The average Bonchev–Trinajstić information content (AvgIpc) is 3.79. The number of nitrogens with zero attached hydrogens (tertiary/aromatic N) is 3. The first-order chi connectivity index (χ1) is 27.8. The Kier molecular flexibility index (Phi) is 8.05. The van der Waals surface area contributed by atoms with Gasteiger partial charge in [-0.25, -0.2) is 4.98 Å². The van der Waals surface area contributed by atoms with Crippen molar-refractivity contribution < 1.29 is 0 Å². The van der Waals surface area contributed by atoms with E-state index in [1.54, 1.807) is 0 Å². The Balaban J connectivity index is 0.954. The number of allylic oxidation sites excluding steroid dienone is 7. The molecule has 270 valence electrons. The standard InChI is InChI=1S/C53H43N3/c1-4-14-36(15-5-1)38-24-28-43(29-25-38)55-49-22-12-10-20-44(49)46-32-40(26-30-51(46)55)41-27-31-52-47(33-41)45-21-11-13-23-50(45)56(52)53-35-42(37-16-6-2-7-17-37)34-48(54-53)39-18-8-3-9-19-39/h1-2,4-8,10-25,27-29,31-35,45-46,50-51H,3,9,26,30H2. The Bertz CT molecular complexity index is 2610. The second kappa shape index (κ2) is 13.7. The van der Waals surface area contributed by atoms with Gasteiger partial charge in [0.05, 0.1) is 11.7 Å². The summed E-state index contributed by atoms with van der Waals surface area (Å²) in [4.78, 5) is 10.5. The van der Waals surface area contributed by atoms with Crippen LogP contribution in [0.3, 0.4) is 0 Å². The Hall–Kier alpha value is -6.45. The summed E-state index contributed by atoms with van der Waals surface area (Å²) in [5.74, 6) is 1.60. The lowest BCUT2D eigenvalue weighted by molar-refractivity contribution is 0.572. The minimum atomic E-state index is 0.167. The summed E-state index contributed by atoms with van der Waals surface area (Å²) < 4.78 is 0. The number of aromatic nitrogens is 1. The number of hydrogen-bond acceptors (Lipinski definition) is 3. The maximum Gasteiger partial charge on any atom is 0.134 e. The second-order valence-corrected chi connectivity index (χ2v) is 15.7. The van der Waals surface area contributed by atoms with E-state index >= 15 is 0 Å². The van der Waals surface area contributed by atoms with Gasteiger partial charge in [0.25, 0.3) is 0 Å². The number of anilines is 4. The third-order valence-electron chi connectivity index (χ3n) is 12.5. The molecule has 0 fully saturated rings. The molecule has 1 aromatic heterocycles. The summed E-state index contributed by atoms with van der Waals surface area (Å²) in [5.41, 5.74) is 16.6. The second-order valence-electron chi connectivity index (χ2n) is 15.7. The zero-order chi connectivity index (χ0) is 37.0. The van der Waals surface area contributed by atoms with Crippen LogP contribution < -0.4 is 9.80 Å². The highest BCUT2D eigenvalue weighted by molar-refractivity contribution is 5.84. The number of pyridine rings is 1. The monoisotopic (exact) mass is 721 g/mol. The summed E-state index contributed by atoms with van der Waals surface area (Å²) in [6, 6.07) is 52.0. The topological polar surface area (TPSA) is 19.4 Å². The molecule has 11 rings (SSSR count). The summed E-state index contributed by atoms with van der Waals surface area (Å²) >= 11 is 0. The van der Waals surface area contributed by atoms with Gasteiger partial charge in [0, 0.05) is 34.9 Å². The molecular weight excluding hydrogens is 679 g/mol. The molecule has 3 heteroatoms. The smallest absolute Gasteiger partial charge is 0.134 e. The van der Waals surface area contributed by atoms with Gasteiger partial charge in [-0.15, -0.1) is 0 Å². The zero-order valence-corrected chi connectivity index (χ0v) is 31.4. The number of hydrogen-bond donors (Lipinski definition) is 0. The molecule has 3 heterocycles. The van der Waals surface area contributed by atoms with Gasteiger partial charge in [-0.1, -0.05) is 146 Å². The van der Waals surface area contributed by atoms with Crippen LogP contribution in [0.1, 0.15) is 59.9 Å². The normalized spacial score (nSPS) is 21.6. The van der Waals surface area contributed by atoms with Crippen molar-refractivity contribution in [3.63, 3.8) is 0 Å². The van der Waals surface area contributed by atoms with Gasteiger partial charge in [0.2, 0.25) is 0 Å². The van der Waals surface area contributed by atoms with Gasteiger partial charge in [-0.3, -0.25) is 0 Å². The van der Waals surface area contributed by atoms with Gasteiger partial charge in [0.15, 0.2) is 0 Å². The fourth-order valence-corrected chi connectivity index (χ4v) is 9.86. The van der Waals surface area contributed by atoms with E-state index in [9.17, 15) is 0 Å². The molecule has 0 bridgehead atoms. The Labute approximate surface area is 330 Å². The maximum absolute atomic E-state index is 5.41. The van der Waals surface area contributed by atoms with Crippen molar-refractivity contribution in [3.8, 4) is 22.3 Å². The third-order valence-corrected chi connectivity index (χ3v) is 12.5. The molecule has 4 atom stereocenters. The van der Waals surface area contributed by atoms with Crippen molar-refractivity contribution in [2.75, 3.05) is 9.80 Å². The summed E-state index contributed by atoms with van der Waals surface area (Å²) in [6.45, 7) is 0. The van der Waals surface area contributed by atoms with Crippen LogP contribution in [0.15, 0.2) is 188 Å². The molecule has 0 saturated carbocycles. The highest BCUT2D eigenvalue weighted by Crippen LogP contribution is 2.53. The maximum atomic E-state index is 5.41. The average molecular weight is 722 g/mol. The quantitative estimate of drug-likeness (QED) is 0.171. The van der Waals surface area contributed by atoms with Gasteiger partial charge in [0.1, 0.15) is 5.82 Å². The first-order valence-corrected chi connectivity index (χ1v) is 20.2. The Morgan fingerprint density at radius 1 is 0.554 bits per heavy atom. The van der Waals surface area contributed by atoms with Crippen molar-refractivity contribution in [2.24, 2.45) is 0 Å². The van der Waals surface area contributed by atoms with Crippen molar-refractivity contribution in [1.29, 1.82) is 0 Å². The van der Waals surface area contributed by atoms with Crippen molar-refractivity contribution in [2.45, 2.75) is 49.6 Å². The fourth-order valence-electron chi connectivity index (χ4n) is 9.86. The van der Waals surface area contributed by atoms with Crippen molar-refractivity contribution >= 4 is 34.0 Å². The first-order valence-electron chi connectivity index (χ1n) is 20.2. The molecule has 0 spiro atoms. The van der Waals surface area contributed by atoms with Crippen LogP contribution in [0.2, 0.25) is 0 Å². The molecule has 4 unspecified atom stereocenters. The van der Waals surface area contributed by atoms with E-state index in [0.717, 1.165) is 37.2 Å². The number of benzene rings is 5. The number of rotatable bonds is 6. The Morgan fingerprint density at radius 3 is 2.07 bits per heavy atom. The van der Waals surface area contributed by atoms with Gasteiger partial charge in [-0.05, 0) is 118 Å². The van der Waals surface area contributed by atoms with Crippen LogP contribution in [-0.4, -0.2) is 17.1 Å². The van der Waals surface area contributed by atoms with Gasteiger partial charge < -0.3 is 9.80 Å². The molecule has 56 heavy (non-hydrogen) atoms. The SMILES string of the molecule is C1=CC2c3cc(C4=CC5c6ccccc6N(c6ccc(-c7ccccc7)cc6)C5CC4)ccc3N(c3cc(-c4ccccc4)cc(C4=CCCC=C4)n3)C2C=C1. The van der Waals surface area contributed by atoms with Crippen LogP contribution >= 0.6 is 0 Å². The molecule has 6 aromatic rings. The molecular formula is C53H43N3. The van der Waals surface area contributed by atoms with Gasteiger partial charge in [-0.2, -0.15) is 0 Å². The molecule has 5 aromatic carbocycles. The van der Waals surface area contributed by atoms with Crippen LogP contribution in [0.4, 0.5) is 22.9 Å². The van der Waals surface area contributed by atoms with Crippen molar-refractivity contribution in [1.82, 2.24) is 4.98 Å². The summed E-state index contributed by atoms with van der Waals surface area (Å²) in [7, 11) is 0. The predicted octanol–water partition coefficient (Wildman–Crippen LogP) is 13.4. The predicted molar refractivity (Wildman–Crippen MR) is 234 cm³/mol. The highest BCUT2D eigenvalue weighted by Gasteiger charge is 2.41. The van der Waals surface area contributed by atoms with Crippen LogP contribution in [0.5, 0.6) is 0 Å². The lowest BCUT2D eigenvalue weighted by atomic mass is 9.81. The molecule has 0 amide bonds. The van der Waals surface area contributed by atoms with Crippen LogP contribution in [0, 0.1) is 0 Å². The van der Waals surface area contributed by atoms with Gasteiger partial charge >= 0.3 is 0 Å². The van der Waals surface area contributed by atoms with Crippen LogP contribution in [0.25, 0.3) is 33.4 Å². The van der Waals surface area contributed by atoms with E-state index in [1.807, 2.05) is 0 Å². The van der Waals surface area contributed by atoms with E-state index in [4.69, 9.17) is 4.98 Å². The first kappa shape index (κ1) is 32.9. The molecule has 5 aliphatic rings. The highest BCUT2D eigenvalue weighted by atomic mass is 15.2. The summed E-state index contributed by atoms with van der Waals surface area (Å²) in [6.07, 6.45) is 22.9. The molecule has 3 nitrogen and oxygen atoms in total. The van der Waals surface area contributed by atoms with Crippen LogP contribution in [-0.2, 0) is 0 Å². The van der Waals surface area contributed by atoms with E-state index in [0.29, 0.717) is 12.0 Å². The number of para-hydroxylation sites is 1. The lowest BCUT2D eigenvalue weighted by Crippen LogP contribution is -2.31. The molecule has 2 aliphatic heterocycles. The number of fused-ring (bicyclic) bond motifs is 6. The summed E-state index contributed by atoms with van der Waals surface area (Å²) in [5, 5.41) is 0. The molecule has 3 aliphatic carbocycles. The van der Waals surface area contributed by atoms with E-state index < -0.39 is 0 Å². The zero-order valence-electron chi connectivity index (χ0n) is 31.4. The minimum absolute atomic E-state index is 0.167. The molecule has 0 saturated heterocycles. The Morgan fingerprint density at radius 2 is 1.27 bits per heavy atom. The molecule has 0 radical (unpaired) electrons. The largest absolute Gasteiger partial charge is 0.337 e. The lowest BCUT2D eigenvalue weighted by Gasteiger charge is -2.33. The molecule has 0 N–H and O–H groups in total. The van der Waals surface area contributed by atoms with E-state index in [-0.39, 0.29) is 12.0 Å². The van der Waals surface area contributed by atoms with E-state index in [1.165, 1.54) is 67.2 Å². The minimum Gasteiger partial charge on any atom is -0.337 e. The third kappa shape index (κ3) is 5.61.